The molecule has 2 N–H and O–H groups in total. The maximum absolute atomic E-state index is 12.8. The molecule has 1 fully saturated rings. The first-order valence-corrected chi connectivity index (χ1v) is 10.4. The Labute approximate surface area is 147 Å². The van der Waals surface area contributed by atoms with Gasteiger partial charge in [0, 0.05) is 32.8 Å². The molecule has 136 valence electrons. The van der Waals surface area contributed by atoms with Gasteiger partial charge in [-0.1, -0.05) is 12.5 Å². The van der Waals surface area contributed by atoms with Gasteiger partial charge in [0.2, 0.25) is 0 Å². The minimum Gasteiger partial charge on any atom is -0.383 e. The number of piperidine rings is 1. The quantitative estimate of drug-likeness (QED) is 0.676. The molecule has 1 unspecified atom stereocenters. The molecule has 1 aliphatic rings. The van der Waals surface area contributed by atoms with Gasteiger partial charge < -0.3 is 15.4 Å². The van der Waals surface area contributed by atoms with E-state index in [0.29, 0.717) is 36.9 Å². The van der Waals surface area contributed by atoms with E-state index in [9.17, 15) is 13.2 Å². The predicted octanol–water partition coefficient (Wildman–Crippen LogP) is 1.63. The summed E-state index contributed by atoms with van der Waals surface area (Å²) in [6, 6.07) is 3.08. The molecule has 0 bridgehead atoms. The minimum absolute atomic E-state index is 0.0647. The van der Waals surface area contributed by atoms with Crippen molar-refractivity contribution < 1.29 is 17.9 Å². The molecule has 7 nitrogen and oxygen atoms in total. The summed E-state index contributed by atoms with van der Waals surface area (Å²) in [6.45, 7) is 1.90. The summed E-state index contributed by atoms with van der Waals surface area (Å²) in [7, 11) is -1.85. The number of hydrogen-bond acceptors (Lipinski definition) is 5. The van der Waals surface area contributed by atoms with E-state index in [1.807, 2.05) is 0 Å². The predicted molar refractivity (Wildman–Crippen MR) is 93.7 cm³/mol. The molecule has 0 aromatic carbocycles. The number of urea groups is 1. The van der Waals surface area contributed by atoms with E-state index < -0.39 is 10.0 Å². The van der Waals surface area contributed by atoms with Crippen LogP contribution in [-0.2, 0) is 14.8 Å². The summed E-state index contributed by atoms with van der Waals surface area (Å²) in [5.41, 5.74) is 0. The maximum atomic E-state index is 12.8. The summed E-state index contributed by atoms with van der Waals surface area (Å²) < 4.78 is 32.4. The number of nitrogens with one attached hydrogen (secondary N) is 2. The largest absolute Gasteiger partial charge is 0.383 e. The molecule has 0 radical (unpaired) electrons. The Morgan fingerprint density at radius 3 is 2.88 bits per heavy atom. The van der Waals surface area contributed by atoms with Gasteiger partial charge in [0.25, 0.3) is 10.0 Å². The van der Waals surface area contributed by atoms with E-state index >= 15 is 0 Å². The van der Waals surface area contributed by atoms with E-state index in [1.165, 1.54) is 11.3 Å². The Morgan fingerprint density at radius 1 is 1.38 bits per heavy atom. The molecule has 0 saturated carbocycles. The van der Waals surface area contributed by atoms with Crippen molar-refractivity contribution in [1.29, 1.82) is 0 Å². The lowest BCUT2D eigenvalue weighted by atomic mass is 10.0. The summed E-state index contributed by atoms with van der Waals surface area (Å²) >= 11 is 1.24. The van der Waals surface area contributed by atoms with Crippen molar-refractivity contribution in [2.45, 2.75) is 35.9 Å². The van der Waals surface area contributed by atoms with Crippen molar-refractivity contribution in [3.63, 3.8) is 0 Å². The van der Waals surface area contributed by atoms with Gasteiger partial charge in [-0.25, -0.2) is 13.2 Å². The van der Waals surface area contributed by atoms with E-state index in [1.54, 1.807) is 28.9 Å². The molecule has 0 aliphatic carbocycles. The third-order valence-electron chi connectivity index (χ3n) is 3.99. The lowest BCUT2D eigenvalue weighted by Crippen LogP contribution is -2.45. The van der Waals surface area contributed by atoms with Crippen LogP contribution in [0.15, 0.2) is 21.7 Å². The van der Waals surface area contributed by atoms with Crippen LogP contribution in [0, 0.1) is 0 Å². The second-order valence-corrected chi connectivity index (χ2v) is 8.73. The van der Waals surface area contributed by atoms with Gasteiger partial charge in [0.05, 0.1) is 6.61 Å². The SMILES string of the molecule is COCCNC(=O)NCCC1CCCCN1S(=O)(=O)c1cccs1. The number of thiophene rings is 1. The molecule has 9 heteroatoms. The highest BCUT2D eigenvalue weighted by atomic mass is 32.2. The fraction of sp³-hybridized carbons (Fsp3) is 0.667. The first kappa shape index (κ1) is 19.2. The van der Waals surface area contributed by atoms with Gasteiger partial charge in [0.15, 0.2) is 0 Å². The van der Waals surface area contributed by atoms with Crippen LogP contribution in [-0.4, -0.2) is 58.1 Å². The summed E-state index contributed by atoms with van der Waals surface area (Å²) in [4.78, 5) is 11.6. The number of ether oxygens (including phenoxy) is 1. The van der Waals surface area contributed by atoms with Crippen LogP contribution in [0.4, 0.5) is 4.79 Å². The number of amides is 2. The fourth-order valence-electron chi connectivity index (χ4n) is 2.79. The average molecular weight is 376 g/mol. The highest BCUT2D eigenvalue weighted by Crippen LogP contribution is 2.28. The summed E-state index contributed by atoms with van der Waals surface area (Å²) in [6.07, 6.45) is 3.34. The number of carbonyl (C=O) groups excluding carboxylic acids is 1. The van der Waals surface area contributed by atoms with Gasteiger partial charge in [-0.2, -0.15) is 4.31 Å². The fourth-order valence-corrected chi connectivity index (χ4v) is 5.63. The molecule has 0 spiro atoms. The molecule has 2 rings (SSSR count). The normalized spacial score (nSPS) is 19.1. The maximum Gasteiger partial charge on any atom is 0.314 e. The third-order valence-corrected chi connectivity index (χ3v) is 7.31. The number of methoxy groups -OCH3 is 1. The summed E-state index contributed by atoms with van der Waals surface area (Å²) in [5, 5.41) is 7.23. The zero-order valence-corrected chi connectivity index (χ0v) is 15.5. The van der Waals surface area contributed by atoms with Crippen LogP contribution in [0.1, 0.15) is 25.7 Å². The average Bonchev–Trinajstić information content (AvgIpc) is 3.11. The third kappa shape index (κ3) is 5.17. The van der Waals surface area contributed by atoms with Gasteiger partial charge >= 0.3 is 6.03 Å². The number of sulfonamides is 1. The minimum atomic E-state index is -3.43. The van der Waals surface area contributed by atoms with Crippen LogP contribution in [0.25, 0.3) is 0 Å². The molecular weight excluding hydrogens is 350 g/mol. The number of nitrogens with zero attached hydrogens (tertiary/aromatic N) is 1. The van der Waals surface area contributed by atoms with Crippen LogP contribution >= 0.6 is 11.3 Å². The Bertz CT molecular complexity index is 604. The smallest absolute Gasteiger partial charge is 0.314 e. The Kier molecular flexibility index (Phi) is 7.47. The number of hydrogen-bond donors (Lipinski definition) is 2. The van der Waals surface area contributed by atoms with Gasteiger partial charge in [-0.05, 0) is 30.7 Å². The van der Waals surface area contributed by atoms with E-state index in [2.05, 4.69) is 10.6 Å². The van der Waals surface area contributed by atoms with Gasteiger partial charge in [0.1, 0.15) is 4.21 Å². The van der Waals surface area contributed by atoms with E-state index in [0.717, 1.165) is 19.3 Å². The number of carbonyl (C=O) groups is 1. The molecule has 1 saturated heterocycles. The zero-order chi connectivity index (χ0) is 17.4. The first-order valence-electron chi connectivity index (χ1n) is 8.11. The van der Waals surface area contributed by atoms with Gasteiger partial charge in [-0.15, -0.1) is 11.3 Å². The topological polar surface area (TPSA) is 87.7 Å². The van der Waals surface area contributed by atoms with Crippen molar-refractivity contribution in [2.24, 2.45) is 0 Å². The molecule has 1 aliphatic heterocycles. The van der Waals surface area contributed by atoms with Crippen LogP contribution in [0.2, 0.25) is 0 Å². The van der Waals surface area contributed by atoms with Crippen molar-refractivity contribution in [3.8, 4) is 0 Å². The van der Waals surface area contributed by atoms with Crippen LogP contribution in [0.5, 0.6) is 0 Å². The monoisotopic (exact) mass is 375 g/mol. The standard InChI is InChI=1S/C15H25N3O4S2/c1-22-11-9-17-15(19)16-8-7-13-5-2-3-10-18(13)24(20,21)14-6-4-12-23-14/h4,6,12-13H,2-3,5,7-11H2,1H3,(H2,16,17,19). The van der Waals surface area contributed by atoms with Crippen molar-refractivity contribution in [3.05, 3.63) is 17.5 Å². The molecular formula is C15H25N3O4S2. The van der Waals surface area contributed by atoms with Crippen LogP contribution < -0.4 is 10.6 Å². The lowest BCUT2D eigenvalue weighted by molar-refractivity contribution is 0.195. The second kappa shape index (κ2) is 9.36. The van der Waals surface area contributed by atoms with Crippen molar-refractivity contribution in [1.82, 2.24) is 14.9 Å². The molecule has 1 aromatic rings. The highest BCUT2D eigenvalue weighted by Gasteiger charge is 2.33. The van der Waals surface area contributed by atoms with Crippen molar-refractivity contribution >= 4 is 27.4 Å². The van der Waals surface area contributed by atoms with Crippen LogP contribution in [0.3, 0.4) is 0 Å². The molecule has 2 heterocycles. The molecule has 1 aromatic heterocycles. The van der Waals surface area contributed by atoms with E-state index in [4.69, 9.17) is 4.74 Å². The molecule has 24 heavy (non-hydrogen) atoms. The van der Waals surface area contributed by atoms with Crippen molar-refractivity contribution in [2.75, 3.05) is 33.4 Å². The summed E-state index contributed by atoms with van der Waals surface area (Å²) in [5.74, 6) is 0. The zero-order valence-electron chi connectivity index (χ0n) is 13.9. The highest BCUT2D eigenvalue weighted by molar-refractivity contribution is 7.91. The Morgan fingerprint density at radius 2 is 2.17 bits per heavy atom. The second-order valence-electron chi connectivity index (χ2n) is 5.66. The number of rotatable bonds is 8. The Balaban J connectivity index is 1.87. The van der Waals surface area contributed by atoms with Gasteiger partial charge in [-0.3, -0.25) is 0 Å². The lowest BCUT2D eigenvalue weighted by Gasteiger charge is -2.34. The Hall–Kier alpha value is -1.16. The molecule has 2 amide bonds. The molecule has 1 atom stereocenters. The van der Waals surface area contributed by atoms with E-state index in [-0.39, 0.29) is 12.1 Å². The first-order chi connectivity index (χ1) is 11.6.